The standard InChI is InChI=1S/C12H19N3S/c13-10-6-3-1-2-4-7-11(10)16-12-14-8-5-9-15-12/h5,8-11H,1-4,6-7,13H2. The third kappa shape index (κ3) is 3.46. The molecule has 2 rings (SSSR count). The van der Waals surface area contributed by atoms with Crippen molar-refractivity contribution in [1.29, 1.82) is 0 Å². The Labute approximate surface area is 101 Å². The first kappa shape index (κ1) is 11.9. The lowest BCUT2D eigenvalue weighted by Gasteiger charge is -2.24. The van der Waals surface area contributed by atoms with Crippen molar-refractivity contribution in [2.24, 2.45) is 5.73 Å². The van der Waals surface area contributed by atoms with Gasteiger partial charge in [0.2, 0.25) is 0 Å². The fourth-order valence-electron chi connectivity index (χ4n) is 2.11. The number of hydrogen-bond acceptors (Lipinski definition) is 4. The Kier molecular flexibility index (Phi) is 4.60. The lowest BCUT2D eigenvalue weighted by molar-refractivity contribution is 0.463. The molecule has 1 aliphatic carbocycles. The van der Waals surface area contributed by atoms with Crippen LogP contribution in [0.3, 0.4) is 0 Å². The van der Waals surface area contributed by atoms with Crippen molar-refractivity contribution in [2.45, 2.75) is 55.0 Å². The zero-order valence-corrected chi connectivity index (χ0v) is 10.3. The zero-order chi connectivity index (χ0) is 11.2. The SMILES string of the molecule is NC1CCCCCCC1Sc1ncccn1. The molecular formula is C12H19N3S. The van der Waals surface area contributed by atoms with Crippen LogP contribution in [0.25, 0.3) is 0 Å². The number of aromatic nitrogens is 2. The van der Waals surface area contributed by atoms with Gasteiger partial charge in [-0.15, -0.1) is 0 Å². The Morgan fingerprint density at radius 3 is 2.50 bits per heavy atom. The van der Waals surface area contributed by atoms with Gasteiger partial charge in [-0.2, -0.15) is 0 Å². The molecule has 1 heterocycles. The van der Waals surface area contributed by atoms with E-state index >= 15 is 0 Å². The van der Waals surface area contributed by atoms with Gasteiger partial charge in [0.05, 0.1) is 0 Å². The minimum Gasteiger partial charge on any atom is -0.327 e. The molecule has 0 bridgehead atoms. The second kappa shape index (κ2) is 6.21. The van der Waals surface area contributed by atoms with Crippen LogP contribution in [-0.4, -0.2) is 21.3 Å². The first-order chi connectivity index (χ1) is 7.86. The lowest BCUT2D eigenvalue weighted by atomic mass is 9.97. The quantitative estimate of drug-likeness (QED) is 0.803. The number of thioether (sulfide) groups is 1. The van der Waals surface area contributed by atoms with E-state index in [2.05, 4.69) is 9.97 Å². The van der Waals surface area contributed by atoms with Gasteiger partial charge >= 0.3 is 0 Å². The summed E-state index contributed by atoms with van der Waals surface area (Å²) in [5, 5.41) is 1.35. The van der Waals surface area contributed by atoms with Gasteiger partial charge in [0.15, 0.2) is 5.16 Å². The van der Waals surface area contributed by atoms with Crippen molar-refractivity contribution >= 4 is 11.8 Å². The van der Waals surface area contributed by atoms with E-state index in [4.69, 9.17) is 5.73 Å². The summed E-state index contributed by atoms with van der Waals surface area (Å²) in [6.07, 6.45) is 11.2. The van der Waals surface area contributed by atoms with E-state index in [1.165, 1.54) is 32.1 Å². The molecule has 0 amide bonds. The molecule has 4 heteroatoms. The molecule has 0 spiro atoms. The first-order valence-electron chi connectivity index (χ1n) is 6.05. The van der Waals surface area contributed by atoms with Crippen molar-refractivity contribution < 1.29 is 0 Å². The molecule has 2 unspecified atom stereocenters. The number of rotatable bonds is 2. The van der Waals surface area contributed by atoms with Gasteiger partial charge in [-0.05, 0) is 18.9 Å². The third-order valence-electron chi connectivity index (χ3n) is 3.05. The number of nitrogens with two attached hydrogens (primary N) is 1. The predicted octanol–water partition coefficient (Wildman–Crippen LogP) is 2.62. The molecule has 1 aromatic heterocycles. The van der Waals surface area contributed by atoms with E-state index in [1.807, 2.05) is 6.07 Å². The highest BCUT2D eigenvalue weighted by molar-refractivity contribution is 7.99. The van der Waals surface area contributed by atoms with E-state index in [0.717, 1.165) is 11.6 Å². The Hall–Kier alpha value is -0.610. The molecule has 88 valence electrons. The maximum absolute atomic E-state index is 6.22. The summed E-state index contributed by atoms with van der Waals surface area (Å²) >= 11 is 1.75. The smallest absolute Gasteiger partial charge is 0.187 e. The Morgan fingerprint density at radius 1 is 1.06 bits per heavy atom. The third-order valence-corrected chi connectivity index (χ3v) is 4.36. The molecule has 1 fully saturated rings. The van der Waals surface area contributed by atoms with Crippen molar-refractivity contribution in [3.05, 3.63) is 18.5 Å². The average molecular weight is 237 g/mol. The van der Waals surface area contributed by atoms with Crippen LogP contribution in [0, 0.1) is 0 Å². The van der Waals surface area contributed by atoms with Crippen molar-refractivity contribution in [3.8, 4) is 0 Å². The van der Waals surface area contributed by atoms with Gasteiger partial charge in [0, 0.05) is 23.7 Å². The number of hydrogen-bond donors (Lipinski definition) is 1. The van der Waals surface area contributed by atoms with Crippen LogP contribution >= 0.6 is 11.8 Å². The number of nitrogens with zero attached hydrogens (tertiary/aromatic N) is 2. The molecular weight excluding hydrogens is 218 g/mol. The predicted molar refractivity (Wildman–Crippen MR) is 67.4 cm³/mol. The minimum absolute atomic E-state index is 0.300. The van der Waals surface area contributed by atoms with Crippen LogP contribution in [0.4, 0.5) is 0 Å². The van der Waals surface area contributed by atoms with Crippen LogP contribution in [0.5, 0.6) is 0 Å². The van der Waals surface area contributed by atoms with Gasteiger partial charge in [-0.1, -0.05) is 37.4 Å². The molecule has 0 aromatic carbocycles. The second-order valence-electron chi connectivity index (χ2n) is 4.34. The molecule has 0 radical (unpaired) electrons. The Bertz CT molecular complexity index is 304. The van der Waals surface area contributed by atoms with Crippen molar-refractivity contribution in [2.75, 3.05) is 0 Å². The molecule has 0 aliphatic heterocycles. The van der Waals surface area contributed by atoms with Crippen LogP contribution in [0.1, 0.15) is 38.5 Å². The van der Waals surface area contributed by atoms with Crippen LogP contribution < -0.4 is 5.73 Å². The highest BCUT2D eigenvalue weighted by Gasteiger charge is 2.21. The maximum Gasteiger partial charge on any atom is 0.187 e. The molecule has 3 nitrogen and oxygen atoms in total. The van der Waals surface area contributed by atoms with Gasteiger partial charge in [-0.25, -0.2) is 9.97 Å². The summed E-state index contributed by atoms with van der Waals surface area (Å²) in [5.41, 5.74) is 6.22. The Morgan fingerprint density at radius 2 is 1.75 bits per heavy atom. The summed E-state index contributed by atoms with van der Waals surface area (Å²) < 4.78 is 0. The maximum atomic E-state index is 6.22. The first-order valence-corrected chi connectivity index (χ1v) is 6.93. The van der Waals surface area contributed by atoms with E-state index in [-0.39, 0.29) is 0 Å². The molecule has 1 aliphatic rings. The highest BCUT2D eigenvalue weighted by Crippen LogP contribution is 2.29. The van der Waals surface area contributed by atoms with E-state index < -0.39 is 0 Å². The molecule has 0 saturated heterocycles. The normalized spacial score (nSPS) is 27.1. The fraction of sp³-hybridized carbons (Fsp3) is 0.667. The van der Waals surface area contributed by atoms with E-state index in [1.54, 1.807) is 24.2 Å². The van der Waals surface area contributed by atoms with E-state index in [9.17, 15) is 0 Å². The summed E-state index contributed by atoms with van der Waals surface area (Å²) in [7, 11) is 0. The van der Waals surface area contributed by atoms with Gasteiger partial charge in [0.25, 0.3) is 0 Å². The van der Waals surface area contributed by atoms with Crippen molar-refractivity contribution in [3.63, 3.8) is 0 Å². The molecule has 2 N–H and O–H groups in total. The van der Waals surface area contributed by atoms with Crippen molar-refractivity contribution in [1.82, 2.24) is 9.97 Å². The van der Waals surface area contributed by atoms with Gasteiger partial charge < -0.3 is 5.73 Å². The molecule has 1 saturated carbocycles. The van der Waals surface area contributed by atoms with Crippen LogP contribution in [0.15, 0.2) is 23.6 Å². The van der Waals surface area contributed by atoms with Crippen LogP contribution in [0.2, 0.25) is 0 Å². The average Bonchev–Trinajstić information content (AvgIpc) is 2.30. The van der Waals surface area contributed by atoms with Gasteiger partial charge in [0.1, 0.15) is 0 Å². The van der Waals surface area contributed by atoms with E-state index in [0.29, 0.717) is 11.3 Å². The largest absolute Gasteiger partial charge is 0.327 e. The fourth-order valence-corrected chi connectivity index (χ4v) is 3.22. The molecule has 2 atom stereocenters. The summed E-state index contributed by atoms with van der Waals surface area (Å²) in [4.78, 5) is 8.52. The summed E-state index contributed by atoms with van der Waals surface area (Å²) in [5.74, 6) is 0. The zero-order valence-electron chi connectivity index (χ0n) is 9.51. The molecule has 16 heavy (non-hydrogen) atoms. The lowest BCUT2D eigenvalue weighted by Crippen LogP contribution is -2.33. The summed E-state index contributed by atoms with van der Waals surface area (Å²) in [6, 6.07) is 2.15. The summed E-state index contributed by atoms with van der Waals surface area (Å²) in [6.45, 7) is 0. The highest BCUT2D eigenvalue weighted by atomic mass is 32.2. The monoisotopic (exact) mass is 237 g/mol. The van der Waals surface area contributed by atoms with Crippen LogP contribution in [-0.2, 0) is 0 Å². The topological polar surface area (TPSA) is 51.8 Å². The minimum atomic E-state index is 0.300. The Balaban J connectivity index is 1.95. The van der Waals surface area contributed by atoms with Gasteiger partial charge in [-0.3, -0.25) is 0 Å². The second-order valence-corrected chi connectivity index (χ2v) is 5.55. The molecule has 1 aromatic rings.